The van der Waals surface area contributed by atoms with Crippen LogP contribution in [0.3, 0.4) is 0 Å². The van der Waals surface area contributed by atoms with Crippen molar-refractivity contribution < 1.29 is 18.9 Å². The second-order valence-corrected chi connectivity index (χ2v) is 32.2. The Balaban J connectivity index is 0.000000210. The molecule has 0 bridgehead atoms. The number of methoxy groups -OCH3 is 1. The standard InChI is InChI=1S/C22H42O.C21H40O.C20H38O.C19H36O/c1-4-6-8-9-19-10-15-22(18(3)17-19)20-11-13-21(14-12-20)23-16-7-5-2;1-4-6-7-8-18-9-14-21(17(3)16-18)19-10-12-20(13-11-19)22-15-5-2;1-4-6-7-8-17-9-14-20(16(3)15-17)18-10-12-19(13-11-18)21-5-2;1-4-5-6-7-16-8-13-19(15(2)14-16)17-9-11-18(20-3)12-10-17/h18-22H,4-17H2,1-3H3;17-21H,4-16H2,1-3H3;16-20H,4-15H2,1-3H3;15-19H,4-14H2,1-3H3. The van der Waals surface area contributed by atoms with Gasteiger partial charge in [0, 0.05) is 26.9 Å². The van der Waals surface area contributed by atoms with Gasteiger partial charge in [0.15, 0.2) is 0 Å². The van der Waals surface area contributed by atoms with Gasteiger partial charge in [-0.3, -0.25) is 0 Å². The Hall–Kier alpha value is -0.160. The third kappa shape index (κ3) is 28.6. The summed E-state index contributed by atoms with van der Waals surface area (Å²) in [5.74, 6) is 16.2. The lowest BCUT2D eigenvalue weighted by Gasteiger charge is -2.41. The number of hydrogen-bond donors (Lipinski definition) is 0. The Morgan fingerprint density at radius 1 is 0.256 bits per heavy atom. The minimum atomic E-state index is 0.562. The second-order valence-electron chi connectivity index (χ2n) is 32.2. The van der Waals surface area contributed by atoms with Crippen LogP contribution >= 0.6 is 0 Å². The van der Waals surface area contributed by atoms with Crippen LogP contribution in [0.2, 0.25) is 0 Å². The molecule has 8 fully saturated rings. The van der Waals surface area contributed by atoms with Crippen molar-refractivity contribution in [3.63, 3.8) is 0 Å². The maximum atomic E-state index is 6.06. The zero-order chi connectivity index (χ0) is 61.7. The van der Waals surface area contributed by atoms with Gasteiger partial charge < -0.3 is 18.9 Å². The highest BCUT2D eigenvalue weighted by Gasteiger charge is 2.39. The Labute approximate surface area is 540 Å². The van der Waals surface area contributed by atoms with E-state index in [0.29, 0.717) is 24.4 Å². The molecule has 0 aromatic rings. The van der Waals surface area contributed by atoms with Gasteiger partial charge in [-0.15, -0.1) is 0 Å². The van der Waals surface area contributed by atoms with Crippen molar-refractivity contribution >= 4 is 0 Å². The van der Waals surface area contributed by atoms with Crippen LogP contribution in [0.15, 0.2) is 0 Å². The summed E-state index contributed by atoms with van der Waals surface area (Å²) >= 11 is 0. The number of hydrogen-bond acceptors (Lipinski definition) is 4. The maximum absolute atomic E-state index is 6.06. The van der Waals surface area contributed by atoms with Crippen LogP contribution in [-0.4, -0.2) is 51.3 Å². The first-order chi connectivity index (χ1) is 42.0. The summed E-state index contributed by atoms with van der Waals surface area (Å²) in [5, 5.41) is 0. The fourth-order valence-corrected chi connectivity index (χ4v) is 20.4. The van der Waals surface area contributed by atoms with Crippen LogP contribution in [0.4, 0.5) is 0 Å². The minimum Gasteiger partial charge on any atom is -0.381 e. The van der Waals surface area contributed by atoms with Gasteiger partial charge in [-0.1, -0.05) is 204 Å². The predicted molar refractivity (Wildman–Crippen MR) is 375 cm³/mol. The maximum Gasteiger partial charge on any atom is 0.0575 e. The van der Waals surface area contributed by atoms with Crippen molar-refractivity contribution in [3.05, 3.63) is 0 Å². The van der Waals surface area contributed by atoms with E-state index < -0.39 is 0 Å². The molecule has 0 saturated heterocycles. The highest BCUT2D eigenvalue weighted by Crippen LogP contribution is 2.49. The van der Waals surface area contributed by atoms with Gasteiger partial charge in [0.05, 0.1) is 24.4 Å². The van der Waals surface area contributed by atoms with E-state index in [2.05, 4.69) is 76.2 Å². The van der Waals surface area contributed by atoms with Gasteiger partial charge in [-0.05, 0) is 269 Å². The number of ether oxygens (including phenoxy) is 4. The lowest BCUT2D eigenvalue weighted by molar-refractivity contribution is -0.000834. The molecular weight excluding hydrogens is 1050 g/mol. The predicted octanol–water partition coefficient (Wildman–Crippen LogP) is 25.6. The van der Waals surface area contributed by atoms with E-state index in [1.807, 2.05) is 7.11 Å². The Kier molecular flexibility index (Phi) is 41.0. The van der Waals surface area contributed by atoms with Crippen LogP contribution in [0.1, 0.15) is 378 Å². The fraction of sp³-hybridized carbons (Fsp3) is 1.00. The van der Waals surface area contributed by atoms with Crippen LogP contribution in [-0.2, 0) is 18.9 Å². The molecule has 0 aromatic heterocycles. The molecule has 8 aliphatic rings. The molecule has 8 aliphatic carbocycles. The summed E-state index contributed by atoms with van der Waals surface area (Å²) in [7, 11) is 1.88. The topological polar surface area (TPSA) is 36.9 Å². The molecule has 0 spiro atoms. The SMILES string of the molecule is CCCCCC1CCC(C2CCC(OC)CC2)C(C)C1.CCCCCC1CCC(C2CCC(OCC)CC2)C(C)C1.CCCCCC1CCC(C2CCC(OCCC)CC2)C(C)C1.CCCCCC1CCC(C2CCC(OCCCC)CC2)C(C)C1. The van der Waals surface area contributed by atoms with E-state index in [4.69, 9.17) is 18.9 Å². The van der Waals surface area contributed by atoms with E-state index in [1.54, 1.807) is 0 Å². The van der Waals surface area contributed by atoms with E-state index in [-0.39, 0.29) is 0 Å². The molecule has 4 heteroatoms. The molecule has 0 aliphatic heterocycles. The summed E-state index contributed by atoms with van der Waals surface area (Å²) in [4.78, 5) is 0. The molecule has 86 heavy (non-hydrogen) atoms. The summed E-state index contributed by atoms with van der Waals surface area (Å²) in [6.45, 7) is 28.9. The molecule has 8 saturated carbocycles. The van der Waals surface area contributed by atoms with Crippen molar-refractivity contribution in [1.82, 2.24) is 0 Å². The quantitative estimate of drug-likeness (QED) is 0.0672. The molecule has 12 atom stereocenters. The number of unbranched alkanes of at least 4 members (excludes halogenated alkanes) is 9. The van der Waals surface area contributed by atoms with Gasteiger partial charge >= 0.3 is 0 Å². The normalized spacial score (nSPS) is 37.0. The van der Waals surface area contributed by atoms with E-state index in [9.17, 15) is 0 Å². The number of rotatable bonds is 30. The molecule has 0 amide bonds. The van der Waals surface area contributed by atoms with Crippen LogP contribution < -0.4 is 0 Å². The van der Waals surface area contributed by atoms with Crippen molar-refractivity contribution in [2.75, 3.05) is 26.9 Å². The first-order valence-corrected chi connectivity index (χ1v) is 40.3. The average Bonchev–Trinajstić information content (AvgIpc) is 3.71. The van der Waals surface area contributed by atoms with E-state index in [1.165, 1.54) is 302 Å². The van der Waals surface area contributed by atoms with Gasteiger partial charge in [0.25, 0.3) is 0 Å². The molecule has 0 aromatic carbocycles. The summed E-state index contributed by atoms with van der Waals surface area (Å²) in [6.07, 6.45) is 69.3. The molecule has 4 nitrogen and oxygen atoms in total. The lowest BCUT2D eigenvalue weighted by atomic mass is 9.65. The van der Waals surface area contributed by atoms with Gasteiger partial charge in [0.1, 0.15) is 0 Å². The Morgan fingerprint density at radius 2 is 0.523 bits per heavy atom. The molecule has 12 unspecified atom stereocenters. The Bertz CT molecular complexity index is 1550. The smallest absolute Gasteiger partial charge is 0.0575 e. The minimum absolute atomic E-state index is 0.562. The molecule has 0 radical (unpaired) electrons. The van der Waals surface area contributed by atoms with Gasteiger partial charge in [-0.2, -0.15) is 0 Å². The molecule has 8 rings (SSSR count). The molecule has 0 N–H and O–H groups in total. The third-order valence-electron chi connectivity index (χ3n) is 25.7. The molecule has 508 valence electrons. The highest BCUT2D eigenvalue weighted by molar-refractivity contribution is 4.90. The first-order valence-electron chi connectivity index (χ1n) is 40.3. The summed E-state index contributed by atoms with van der Waals surface area (Å²) in [6, 6.07) is 0. The van der Waals surface area contributed by atoms with Crippen LogP contribution in [0, 0.1) is 94.7 Å². The fourth-order valence-electron chi connectivity index (χ4n) is 20.4. The summed E-state index contributed by atoms with van der Waals surface area (Å²) in [5.41, 5.74) is 0. The zero-order valence-electron chi connectivity index (χ0n) is 60.5. The summed E-state index contributed by atoms with van der Waals surface area (Å²) < 4.78 is 23.4. The van der Waals surface area contributed by atoms with Crippen molar-refractivity contribution in [3.8, 4) is 0 Å². The van der Waals surface area contributed by atoms with Crippen LogP contribution in [0.5, 0.6) is 0 Å². The van der Waals surface area contributed by atoms with Crippen molar-refractivity contribution in [2.45, 2.75) is 402 Å². The second kappa shape index (κ2) is 46.0. The Morgan fingerprint density at radius 3 is 0.767 bits per heavy atom. The zero-order valence-corrected chi connectivity index (χ0v) is 60.5. The average molecular weight is 1210 g/mol. The van der Waals surface area contributed by atoms with Crippen molar-refractivity contribution in [1.29, 1.82) is 0 Å². The van der Waals surface area contributed by atoms with Crippen molar-refractivity contribution in [2.24, 2.45) is 94.7 Å². The third-order valence-corrected chi connectivity index (χ3v) is 25.7. The van der Waals surface area contributed by atoms with Gasteiger partial charge in [0.2, 0.25) is 0 Å². The van der Waals surface area contributed by atoms with Gasteiger partial charge in [-0.25, -0.2) is 0 Å². The molecule has 0 heterocycles. The highest BCUT2D eigenvalue weighted by atomic mass is 16.5. The lowest BCUT2D eigenvalue weighted by Crippen LogP contribution is -2.33. The molecular formula is C82H156O4. The van der Waals surface area contributed by atoms with Crippen LogP contribution in [0.25, 0.3) is 0 Å². The van der Waals surface area contributed by atoms with E-state index >= 15 is 0 Å². The monoisotopic (exact) mass is 1210 g/mol. The largest absolute Gasteiger partial charge is 0.381 e. The van der Waals surface area contributed by atoms with E-state index in [0.717, 1.165) is 115 Å². The first kappa shape index (κ1) is 76.6.